The van der Waals surface area contributed by atoms with Crippen molar-refractivity contribution in [2.75, 3.05) is 12.4 Å². The number of carbonyl (C=O) groups excluding carboxylic acids is 1. The van der Waals surface area contributed by atoms with Crippen LogP contribution in [0.1, 0.15) is 33.9 Å². The lowest BCUT2D eigenvalue weighted by atomic mass is 10.1. The van der Waals surface area contributed by atoms with Gasteiger partial charge in [0.1, 0.15) is 5.01 Å². The largest absolute Gasteiger partial charge is 0.465 e. The normalized spacial score (nSPS) is 11.9. The Morgan fingerprint density at radius 2 is 2.26 bits per heavy atom. The minimum Gasteiger partial charge on any atom is -0.465 e. The molecule has 0 saturated carbocycles. The molecule has 0 fully saturated rings. The molecular weight excluding hydrogens is 260 g/mol. The molecule has 1 heterocycles. The number of esters is 1. The monoisotopic (exact) mass is 276 g/mol. The summed E-state index contributed by atoms with van der Waals surface area (Å²) in [4.78, 5) is 15.8. The molecule has 0 radical (unpaired) electrons. The Morgan fingerprint density at radius 1 is 1.47 bits per heavy atom. The van der Waals surface area contributed by atoms with Crippen molar-refractivity contribution in [1.29, 1.82) is 0 Å². The highest BCUT2D eigenvalue weighted by Gasteiger charge is 2.12. The van der Waals surface area contributed by atoms with Gasteiger partial charge in [-0.2, -0.15) is 0 Å². The first-order valence-electron chi connectivity index (χ1n) is 5.96. The molecule has 1 N–H and O–H groups in total. The van der Waals surface area contributed by atoms with Gasteiger partial charge in [0.25, 0.3) is 0 Å². The minimum absolute atomic E-state index is 0.103. The van der Waals surface area contributed by atoms with Gasteiger partial charge in [-0.05, 0) is 31.5 Å². The van der Waals surface area contributed by atoms with Gasteiger partial charge in [-0.3, -0.25) is 0 Å². The molecule has 1 unspecified atom stereocenters. The summed E-state index contributed by atoms with van der Waals surface area (Å²) in [5.41, 5.74) is 2.54. The molecule has 0 aliphatic rings. The second-order valence-electron chi connectivity index (χ2n) is 4.26. The fourth-order valence-electron chi connectivity index (χ4n) is 1.77. The number of hydrogen-bond acceptors (Lipinski definition) is 5. The summed E-state index contributed by atoms with van der Waals surface area (Å²) in [6.45, 7) is 4.04. The molecule has 1 aromatic carbocycles. The summed E-state index contributed by atoms with van der Waals surface area (Å²) >= 11 is 1.61. The predicted octanol–water partition coefficient (Wildman–Crippen LogP) is 3.41. The van der Waals surface area contributed by atoms with E-state index in [4.69, 9.17) is 4.74 Å². The number of aromatic nitrogens is 1. The van der Waals surface area contributed by atoms with E-state index in [1.807, 2.05) is 31.4 Å². The van der Waals surface area contributed by atoms with Crippen LogP contribution in [0, 0.1) is 6.92 Å². The smallest absolute Gasteiger partial charge is 0.337 e. The summed E-state index contributed by atoms with van der Waals surface area (Å²) in [6.07, 6.45) is 1.79. The van der Waals surface area contributed by atoms with Gasteiger partial charge in [-0.25, -0.2) is 9.78 Å². The summed E-state index contributed by atoms with van der Waals surface area (Å²) < 4.78 is 4.73. The number of anilines is 1. The van der Waals surface area contributed by atoms with E-state index >= 15 is 0 Å². The van der Waals surface area contributed by atoms with Crippen molar-refractivity contribution >= 4 is 23.0 Å². The van der Waals surface area contributed by atoms with Gasteiger partial charge in [0.2, 0.25) is 0 Å². The Kier molecular flexibility index (Phi) is 4.16. The van der Waals surface area contributed by atoms with E-state index in [-0.39, 0.29) is 12.0 Å². The lowest BCUT2D eigenvalue weighted by molar-refractivity contribution is 0.0601. The second kappa shape index (κ2) is 5.84. The fraction of sp³-hybridized carbons (Fsp3) is 0.286. The van der Waals surface area contributed by atoms with Gasteiger partial charge in [0, 0.05) is 17.3 Å². The van der Waals surface area contributed by atoms with Crippen LogP contribution in [-0.4, -0.2) is 18.1 Å². The van der Waals surface area contributed by atoms with Crippen LogP contribution >= 0.6 is 11.3 Å². The van der Waals surface area contributed by atoms with Crippen LogP contribution in [0.5, 0.6) is 0 Å². The van der Waals surface area contributed by atoms with Crippen LogP contribution in [0.25, 0.3) is 0 Å². The number of benzene rings is 1. The maximum absolute atomic E-state index is 11.5. The molecule has 19 heavy (non-hydrogen) atoms. The van der Waals surface area contributed by atoms with Gasteiger partial charge in [0.05, 0.1) is 18.7 Å². The quantitative estimate of drug-likeness (QED) is 0.869. The molecule has 2 rings (SSSR count). The Hall–Kier alpha value is -1.88. The van der Waals surface area contributed by atoms with Crippen molar-refractivity contribution in [2.45, 2.75) is 19.9 Å². The van der Waals surface area contributed by atoms with Crippen molar-refractivity contribution in [3.05, 3.63) is 45.9 Å². The Labute approximate surface area is 116 Å². The van der Waals surface area contributed by atoms with Crippen LogP contribution in [0.2, 0.25) is 0 Å². The molecule has 0 aliphatic carbocycles. The van der Waals surface area contributed by atoms with E-state index in [1.54, 1.807) is 23.6 Å². The Balaban J connectivity index is 2.22. The number of aryl methyl sites for hydroxylation is 1. The Morgan fingerprint density at radius 3 is 2.89 bits per heavy atom. The van der Waals surface area contributed by atoms with Crippen molar-refractivity contribution < 1.29 is 9.53 Å². The van der Waals surface area contributed by atoms with E-state index < -0.39 is 0 Å². The summed E-state index contributed by atoms with van der Waals surface area (Å²) in [6, 6.07) is 5.58. The highest BCUT2D eigenvalue weighted by Crippen LogP contribution is 2.24. The van der Waals surface area contributed by atoms with Crippen molar-refractivity contribution in [2.24, 2.45) is 0 Å². The van der Waals surface area contributed by atoms with Gasteiger partial charge in [0.15, 0.2) is 0 Å². The number of carbonyl (C=O) groups is 1. The molecule has 0 aliphatic heterocycles. The molecule has 0 amide bonds. The average Bonchev–Trinajstić information content (AvgIpc) is 2.94. The lowest BCUT2D eigenvalue weighted by Gasteiger charge is -2.15. The van der Waals surface area contributed by atoms with Crippen LogP contribution < -0.4 is 5.32 Å². The number of ether oxygens (including phenoxy) is 1. The highest BCUT2D eigenvalue weighted by molar-refractivity contribution is 7.09. The SMILES string of the molecule is COC(=O)c1ccc(C)c(NC(C)c2nccs2)c1. The zero-order chi connectivity index (χ0) is 13.8. The lowest BCUT2D eigenvalue weighted by Crippen LogP contribution is -2.09. The third-order valence-electron chi connectivity index (χ3n) is 2.85. The van der Waals surface area contributed by atoms with E-state index in [0.29, 0.717) is 5.56 Å². The zero-order valence-corrected chi connectivity index (χ0v) is 12.0. The predicted molar refractivity (Wildman–Crippen MR) is 76.7 cm³/mol. The van der Waals surface area contributed by atoms with E-state index in [2.05, 4.69) is 10.3 Å². The maximum atomic E-state index is 11.5. The van der Waals surface area contributed by atoms with Crippen LogP contribution in [0.4, 0.5) is 5.69 Å². The van der Waals surface area contributed by atoms with Crippen LogP contribution in [-0.2, 0) is 4.74 Å². The average molecular weight is 276 g/mol. The van der Waals surface area contributed by atoms with E-state index in [1.165, 1.54) is 7.11 Å². The maximum Gasteiger partial charge on any atom is 0.337 e. The molecule has 1 atom stereocenters. The number of thiazole rings is 1. The summed E-state index contributed by atoms with van der Waals surface area (Å²) in [5, 5.41) is 6.34. The number of nitrogens with zero attached hydrogens (tertiary/aromatic N) is 1. The zero-order valence-electron chi connectivity index (χ0n) is 11.1. The Bertz CT molecular complexity index is 567. The number of hydrogen-bond donors (Lipinski definition) is 1. The van der Waals surface area contributed by atoms with Crippen molar-refractivity contribution in [1.82, 2.24) is 4.98 Å². The first-order valence-corrected chi connectivity index (χ1v) is 6.84. The molecule has 1 aromatic heterocycles. The minimum atomic E-state index is -0.329. The second-order valence-corrected chi connectivity index (χ2v) is 5.18. The summed E-state index contributed by atoms with van der Waals surface area (Å²) in [7, 11) is 1.38. The van der Waals surface area contributed by atoms with E-state index in [9.17, 15) is 4.79 Å². The molecule has 0 bridgehead atoms. The van der Waals surface area contributed by atoms with Gasteiger partial charge in [-0.15, -0.1) is 11.3 Å². The third kappa shape index (κ3) is 3.12. The molecule has 100 valence electrons. The first kappa shape index (κ1) is 13.5. The molecule has 2 aromatic rings. The number of methoxy groups -OCH3 is 1. The topological polar surface area (TPSA) is 51.2 Å². The molecule has 4 nitrogen and oxygen atoms in total. The van der Waals surface area contributed by atoms with Gasteiger partial charge in [-0.1, -0.05) is 6.07 Å². The van der Waals surface area contributed by atoms with Crippen molar-refractivity contribution in [3.63, 3.8) is 0 Å². The fourth-order valence-corrected chi connectivity index (χ4v) is 2.41. The molecular formula is C14H16N2O2S. The molecule has 0 saturated heterocycles. The number of nitrogens with one attached hydrogen (secondary N) is 1. The highest BCUT2D eigenvalue weighted by atomic mass is 32.1. The van der Waals surface area contributed by atoms with Crippen LogP contribution in [0.3, 0.4) is 0 Å². The van der Waals surface area contributed by atoms with Gasteiger partial charge >= 0.3 is 5.97 Å². The van der Waals surface area contributed by atoms with E-state index in [0.717, 1.165) is 16.3 Å². The first-order chi connectivity index (χ1) is 9.11. The van der Waals surface area contributed by atoms with Crippen LogP contribution in [0.15, 0.2) is 29.8 Å². The van der Waals surface area contributed by atoms with Gasteiger partial charge < -0.3 is 10.1 Å². The number of rotatable bonds is 4. The molecule has 0 spiro atoms. The van der Waals surface area contributed by atoms with Crippen molar-refractivity contribution in [3.8, 4) is 0 Å². The summed E-state index contributed by atoms with van der Waals surface area (Å²) in [5.74, 6) is -0.329. The standard InChI is InChI=1S/C14H16N2O2S/c1-9-4-5-11(14(17)18-3)8-12(9)16-10(2)13-15-6-7-19-13/h4-8,10,16H,1-3H3. The third-order valence-corrected chi connectivity index (χ3v) is 3.81. The molecule has 5 heteroatoms.